The van der Waals surface area contributed by atoms with Crippen molar-refractivity contribution in [2.75, 3.05) is 6.54 Å². The van der Waals surface area contributed by atoms with Gasteiger partial charge < -0.3 is 24.8 Å². The van der Waals surface area contributed by atoms with Crippen LogP contribution in [0.5, 0.6) is 0 Å². The first-order valence-corrected chi connectivity index (χ1v) is 14.6. The Morgan fingerprint density at radius 2 is 1.92 bits per heavy atom. The second kappa shape index (κ2) is 10.2. The number of carbonyl (C=O) groups excluding carboxylic acids is 2. The first-order valence-electron chi connectivity index (χ1n) is 13.8. The first-order chi connectivity index (χ1) is 18.2. The predicted octanol–water partition coefficient (Wildman–Crippen LogP) is 5.06. The van der Waals surface area contributed by atoms with E-state index in [1.54, 1.807) is 19.1 Å². The molecule has 2 N–H and O–H groups in total. The van der Waals surface area contributed by atoms with Crippen LogP contribution in [0.25, 0.3) is 0 Å². The van der Waals surface area contributed by atoms with Crippen molar-refractivity contribution >= 4 is 47.8 Å². The number of nitrogens with one attached hydrogen (secondary N) is 2. The largest absolute Gasteiger partial charge is 0.481 e. The fourth-order valence-corrected chi connectivity index (χ4v) is 7.30. The van der Waals surface area contributed by atoms with E-state index in [9.17, 15) is 9.59 Å². The highest BCUT2D eigenvalue weighted by atomic mass is 35.5. The summed E-state index contributed by atoms with van der Waals surface area (Å²) in [6.45, 7) is 12.9. The van der Waals surface area contributed by atoms with Crippen molar-refractivity contribution in [2.45, 2.75) is 90.5 Å². The van der Waals surface area contributed by atoms with E-state index >= 15 is 0 Å². The van der Waals surface area contributed by atoms with Gasteiger partial charge in [-0.25, -0.2) is 0 Å². The minimum atomic E-state index is -1.21. The monoisotopic (exact) mass is 577 g/mol. The Balaban J connectivity index is 1.20. The molecule has 2 amide bonds. The smallest absolute Gasteiger partial charge is 0.404 e. The topological polar surface area (TPSA) is 98.3 Å². The molecule has 2 heterocycles. The highest BCUT2D eigenvalue weighted by Crippen LogP contribution is 2.65. The summed E-state index contributed by atoms with van der Waals surface area (Å²) in [5, 5.41) is 10.8. The number of nitrogens with zero attached hydrogens (tertiary/aromatic N) is 1. The Bertz CT molecular complexity index is 1200. The Morgan fingerprint density at radius 3 is 2.62 bits per heavy atom. The number of halogens is 2. The Labute approximate surface area is 241 Å². The van der Waals surface area contributed by atoms with Gasteiger partial charge in [0.25, 0.3) is 11.8 Å². The molecule has 4 fully saturated rings. The molecule has 39 heavy (non-hydrogen) atoms. The number of rotatable bonds is 8. The molecule has 1 aromatic rings. The standard InChI is InChI=1S/C28H38BCl2N3O5/c1-15(2)9-23(29-37-22-11-16-10-21(26(16,3)4)28(22,6)38-29)33-25(36)27(5)13-18(34-39-27)14-32-24(35)19-12-17(30)7-8-20(19)31/h7-8,12,15-16,21-23H,9-11,13-14H2,1-6H3,(H,32,35)(H,33,36)/t16-,21-,22+,23-,27?,28-/m0/s1. The zero-order valence-corrected chi connectivity index (χ0v) is 25.0. The van der Waals surface area contributed by atoms with E-state index in [-0.39, 0.29) is 53.4 Å². The van der Waals surface area contributed by atoms with Crippen molar-refractivity contribution in [3.8, 4) is 0 Å². The Morgan fingerprint density at radius 1 is 1.18 bits per heavy atom. The van der Waals surface area contributed by atoms with Crippen molar-refractivity contribution in [1.29, 1.82) is 0 Å². The van der Waals surface area contributed by atoms with Crippen LogP contribution >= 0.6 is 23.2 Å². The third kappa shape index (κ3) is 5.20. The number of benzene rings is 1. The molecule has 1 unspecified atom stereocenters. The van der Waals surface area contributed by atoms with Gasteiger partial charge in [0, 0.05) is 11.4 Å². The molecule has 0 radical (unpaired) electrons. The third-order valence-electron chi connectivity index (χ3n) is 9.36. The molecule has 3 aliphatic carbocycles. The summed E-state index contributed by atoms with van der Waals surface area (Å²) in [4.78, 5) is 31.8. The van der Waals surface area contributed by atoms with Gasteiger partial charge in [-0.15, -0.1) is 0 Å². The van der Waals surface area contributed by atoms with Gasteiger partial charge in [0.15, 0.2) is 0 Å². The molecule has 0 aromatic heterocycles. The summed E-state index contributed by atoms with van der Waals surface area (Å²) in [6.07, 6.45) is 3.14. The fraction of sp³-hybridized carbons (Fsp3) is 0.679. The van der Waals surface area contributed by atoms with Gasteiger partial charge in [0.05, 0.1) is 40.5 Å². The van der Waals surface area contributed by atoms with Crippen molar-refractivity contribution in [1.82, 2.24) is 10.6 Å². The van der Waals surface area contributed by atoms with E-state index in [1.165, 1.54) is 12.5 Å². The quantitative estimate of drug-likeness (QED) is 0.421. The van der Waals surface area contributed by atoms with Gasteiger partial charge >= 0.3 is 7.12 Å². The average Bonchev–Trinajstić information content (AvgIpc) is 3.43. The van der Waals surface area contributed by atoms with Crippen molar-refractivity contribution in [3.63, 3.8) is 0 Å². The Kier molecular flexibility index (Phi) is 7.53. The van der Waals surface area contributed by atoms with E-state index in [4.69, 9.17) is 37.3 Å². The van der Waals surface area contributed by atoms with Crippen LogP contribution in [0.2, 0.25) is 10.0 Å². The number of carbonyl (C=O) groups is 2. The zero-order valence-electron chi connectivity index (χ0n) is 23.5. The normalized spacial score (nSPS) is 33.1. The number of hydrogen-bond donors (Lipinski definition) is 2. The number of hydrogen-bond acceptors (Lipinski definition) is 6. The summed E-state index contributed by atoms with van der Waals surface area (Å²) >= 11 is 12.1. The van der Waals surface area contributed by atoms with Crippen LogP contribution in [0, 0.1) is 23.2 Å². The maximum absolute atomic E-state index is 13.5. The molecule has 5 aliphatic rings. The minimum Gasteiger partial charge on any atom is -0.404 e. The molecule has 8 nitrogen and oxygen atoms in total. The molecule has 1 aromatic carbocycles. The summed E-state index contributed by atoms with van der Waals surface area (Å²) in [6, 6.07) is 4.69. The average molecular weight is 578 g/mol. The molecule has 212 valence electrons. The molecule has 0 spiro atoms. The molecule has 3 saturated carbocycles. The van der Waals surface area contributed by atoms with E-state index in [0.29, 0.717) is 39.9 Å². The van der Waals surface area contributed by atoms with Gasteiger partial charge in [-0.3, -0.25) is 9.59 Å². The van der Waals surface area contributed by atoms with Crippen molar-refractivity contribution < 1.29 is 23.7 Å². The second-order valence-electron chi connectivity index (χ2n) is 13.0. The van der Waals surface area contributed by atoms with Crippen molar-refractivity contribution in [3.05, 3.63) is 33.8 Å². The van der Waals surface area contributed by atoms with Crippen LogP contribution in [-0.2, 0) is 18.9 Å². The summed E-state index contributed by atoms with van der Waals surface area (Å²) in [7, 11) is -0.520. The predicted molar refractivity (Wildman–Crippen MR) is 152 cm³/mol. The molecule has 6 atom stereocenters. The third-order valence-corrected chi connectivity index (χ3v) is 9.93. The summed E-state index contributed by atoms with van der Waals surface area (Å²) in [5.41, 5.74) is -0.494. The molecule has 2 aliphatic heterocycles. The highest BCUT2D eigenvalue weighted by Gasteiger charge is 2.68. The lowest BCUT2D eigenvalue weighted by molar-refractivity contribution is -0.199. The van der Waals surface area contributed by atoms with Crippen molar-refractivity contribution in [2.24, 2.45) is 28.3 Å². The van der Waals surface area contributed by atoms with Gasteiger partial charge in [0.1, 0.15) is 0 Å². The van der Waals surface area contributed by atoms with E-state index in [1.807, 2.05) is 0 Å². The van der Waals surface area contributed by atoms with Gasteiger partial charge in [0.2, 0.25) is 5.60 Å². The van der Waals surface area contributed by atoms with Crippen LogP contribution in [0.15, 0.2) is 23.4 Å². The molecule has 6 rings (SSSR count). The van der Waals surface area contributed by atoms with E-state index in [0.717, 1.165) is 6.42 Å². The second-order valence-corrected chi connectivity index (χ2v) is 13.9. The van der Waals surface area contributed by atoms with Gasteiger partial charge in [-0.2, -0.15) is 0 Å². The maximum atomic E-state index is 13.5. The molecule has 1 saturated heterocycles. The first kappa shape index (κ1) is 28.7. The zero-order chi connectivity index (χ0) is 28.3. The van der Waals surface area contributed by atoms with Crippen LogP contribution < -0.4 is 10.6 Å². The molecule has 11 heteroatoms. The van der Waals surface area contributed by atoms with E-state index in [2.05, 4.69) is 50.4 Å². The Hall–Kier alpha value is -1.81. The minimum absolute atomic E-state index is 0.0377. The SMILES string of the molecule is CC(C)C[C@H](NC(=O)C1(C)CC(CNC(=O)c2cc(Cl)ccc2Cl)=NO1)B1O[C@@H]2C[C@@H]3C[C@@H](C3(C)C)[C@]2(C)O1. The molecule has 2 bridgehead atoms. The van der Waals surface area contributed by atoms with Crippen LogP contribution in [0.4, 0.5) is 0 Å². The number of amides is 2. The van der Waals surface area contributed by atoms with Crippen LogP contribution in [0.1, 0.15) is 77.6 Å². The van der Waals surface area contributed by atoms with Gasteiger partial charge in [-0.1, -0.05) is 56.1 Å². The number of oxime groups is 1. The highest BCUT2D eigenvalue weighted by molar-refractivity contribution is 6.48. The van der Waals surface area contributed by atoms with Crippen LogP contribution in [0.3, 0.4) is 0 Å². The van der Waals surface area contributed by atoms with Gasteiger partial charge in [-0.05, 0) is 74.5 Å². The summed E-state index contributed by atoms with van der Waals surface area (Å²) < 4.78 is 13.2. The fourth-order valence-electron chi connectivity index (χ4n) is 6.92. The maximum Gasteiger partial charge on any atom is 0.481 e. The lowest BCUT2D eigenvalue weighted by Crippen LogP contribution is -2.65. The lowest BCUT2D eigenvalue weighted by Gasteiger charge is -2.64. The summed E-state index contributed by atoms with van der Waals surface area (Å²) in [5.74, 6) is 0.422. The van der Waals surface area contributed by atoms with E-state index < -0.39 is 12.7 Å². The van der Waals surface area contributed by atoms with Crippen LogP contribution in [-0.4, -0.2) is 54.4 Å². The lowest BCUT2D eigenvalue weighted by atomic mass is 9.43. The molecular weight excluding hydrogens is 540 g/mol. The molecular formula is C28H38BCl2N3O5.